The number of amides is 1. The van der Waals surface area contributed by atoms with E-state index in [1.54, 1.807) is 18.4 Å². The summed E-state index contributed by atoms with van der Waals surface area (Å²) in [4.78, 5) is 20.7. The average molecular weight is 350 g/mol. The van der Waals surface area contributed by atoms with Gasteiger partial charge in [0.2, 0.25) is 0 Å². The molecule has 1 aromatic heterocycles. The fourth-order valence-electron chi connectivity index (χ4n) is 3.06. The van der Waals surface area contributed by atoms with Crippen molar-refractivity contribution in [2.24, 2.45) is 0 Å². The molecule has 0 unspecified atom stereocenters. The van der Waals surface area contributed by atoms with E-state index in [-0.39, 0.29) is 5.91 Å². The summed E-state index contributed by atoms with van der Waals surface area (Å²) in [6.07, 6.45) is 0.791. The zero-order valence-corrected chi connectivity index (χ0v) is 14.8. The zero-order chi connectivity index (χ0) is 17.2. The minimum absolute atomic E-state index is 0.0118. The Kier molecular flexibility index (Phi) is 4.24. The minimum atomic E-state index is 0.0118. The summed E-state index contributed by atoms with van der Waals surface area (Å²) in [5, 5.41) is 1.03. The Morgan fingerprint density at radius 3 is 2.68 bits per heavy atom. The van der Waals surface area contributed by atoms with Gasteiger partial charge in [-0.3, -0.25) is 4.79 Å². The van der Waals surface area contributed by atoms with Gasteiger partial charge in [-0.15, -0.1) is 11.3 Å². The van der Waals surface area contributed by atoms with Crippen LogP contribution < -0.4 is 4.74 Å². The Labute approximate surface area is 150 Å². The van der Waals surface area contributed by atoms with Crippen molar-refractivity contribution in [1.82, 2.24) is 9.88 Å². The molecule has 0 spiro atoms. The predicted octanol–water partition coefficient (Wildman–Crippen LogP) is 4.02. The highest BCUT2D eigenvalue weighted by molar-refractivity contribution is 7.15. The van der Waals surface area contributed by atoms with E-state index in [4.69, 9.17) is 9.72 Å². The minimum Gasteiger partial charge on any atom is -0.496 e. The molecule has 0 atom stereocenters. The quantitative estimate of drug-likeness (QED) is 0.716. The van der Waals surface area contributed by atoms with E-state index in [0.717, 1.165) is 22.7 Å². The van der Waals surface area contributed by atoms with Crippen molar-refractivity contribution >= 4 is 17.2 Å². The maximum absolute atomic E-state index is 12.9. The van der Waals surface area contributed by atoms with Crippen molar-refractivity contribution < 1.29 is 9.53 Å². The van der Waals surface area contributed by atoms with Gasteiger partial charge in [-0.1, -0.05) is 42.5 Å². The smallest absolute Gasteiger partial charge is 0.257 e. The van der Waals surface area contributed by atoms with Crippen LogP contribution in [0.2, 0.25) is 0 Å². The summed E-state index contributed by atoms with van der Waals surface area (Å²) in [6.45, 7) is 1.29. The molecule has 5 heteroatoms. The fraction of sp³-hybridized carbons (Fsp3) is 0.200. The first-order chi connectivity index (χ1) is 12.3. The SMILES string of the molecule is COc1ccccc1C(=O)N1CCc2nc(-c3ccccc3)sc2C1. The number of benzene rings is 2. The lowest BCUT2D eigenvalue weighted by atomic mass is 10.1. The third kappa shape index (κ3) is 3.03. The Bertz CT molecular complexity index is 905. The molecule has 0 radical (unpaired) electrons. The van der Waals surface area contributed by atoms with E-state index in [1.165, 1.54) is 4.88 Å². The summed E-state index contributed by atoms with van der Waals surface area (Å²) < 4.78 is 5.33. The van der Waals surface area contributed by atoms with Crippen LogP contribution in [-0.2, 0) is 13.0 Å². The van der Waals surface area contributed by atoms with Gasteiger partial charge < -0.3 is 9.64 Å². The van der Waals surface area contributed by atoms with Crippen molar-refractivity contribution in [1.29, 1.82) is 0 Å². The van der Waals surface area contributed by atoms with E-state index in [1.807, 2.05) is 47.4 Å². The summed E-state index contributed by atoms with van der Waals surface area (Å²) in [5.41, 5.74) is 2.86. The van der Waals surface area contributed by atoms with Crippen LogP contribution in [0.15, 0.2) is 54.6 Å². The van der Waals surface area contributed by atoms with Gasteiger partial charge in [0.05, 0.1) is 24.9 Å². The lowest BCUT2D eigenvalue weighted by molar-refractivity contribution is 0.0733. The number of methoxy groups -OCH3 is 1. The average Bonchev–Trinajstić information content (AvgIpc) is 3.11. The first-order valence-electron chi connectivity index (χ1n) is 8.22. The number of rotatable bonds is 3. The number of carbonyl (C=O) groups is 1. The number of aromatic nitrogens is 1. The number of hydrogen-bond donors (Lipinski definition) is 0. The van der Waals surface area contributed by atoms with Crippen molar-refractivity contribution in [2.75, 3.05) is 13.7 Å². The Morgan fingerprint density at radius 1 is 1.12 bits per heavy atom. The third-order valence-electron chi connectivity index (χ3n) is 4.38. The lowest BCUT2D eigenvalue weighted by Gasteiger charge is -2.26. The van der Waals surface area contributed by atoms with Crippen LogP contribution in [0.4, 0.5) is 0 Å². The van der Waals surface area contributed by atoms with Gasteiger partial charge in [-0.2, -0.15) is 0 Å². The second-order valence-electron chi connectivity index (χ2n) is 5.93. The molecule has 0 fully saturated rings. The number of hydrogen-bond acceptors (Lipinski definition) is 4. The van der Waals surface area contributed by atoms with Gasteiger partial charge in [0.25, 0.3) is 5.91 Å². The molecule has 25 heavy (non-hydrogen) atoms. The molecule has 2 aromatic carbocycles. The zero-order valence-electron chi connectivity index (χ0n) is 13.9. The number of para-hydroxylation sites is 1. The summed E-state index contributed by atoms with van der Waals surface area (Å²) in [5.74, 6) is 0.630. The van der Waals surface area contributed by atoms with Crippen LogP contribution in [0.25, 0.3) is 10.6 Å². The van der Waals surface area contributed by atoms with E-state index < -0.39 is 0 Å². The Hall–Kier alpha value is -2.66. The molecule has 126 valence electrons. The first-order valence-corrected chi connectivity index (χ1v) is 9.04. The van der Waals surface area contributed by atoms with Gasteiger partial charge in [0.15, 0.2) is 0 Å². The highest BCUT2D eigenvalue weighted by atomic mass is 32.1. The monoisotopic (exact) mass is 350 g/mol. The largest absolute Gasteiger partial charge is 0.496 e. The van der Waals surface area contributed by atoms with Crippen LogP contribution in [-0.4, -0.2) is 29.4 Å². The molecule has 1 aliphatic rings. The summed E-state index contributed by atoms with van der Waals surface area (Å²) >= 11 is 1.68. The molecule has 1 amide bonds. The van der Waals surface area contributed by atoms with Crippen LogP contribution in [0.1, 0.15) is 20.9 Å². The van der Waals surface area contributed by atoms with Gasteiger partial charge in [-0.05, 0) is 12.1 Å². The van der Waals surface area contributed by atoms with Crippen molar-refractivity contribution in [3.8, 4) is 16.3 Å². The number of thiazole rings is 1. The van der Waals surface area contributed by atoms with Gasteiger partial charge in [0, 0.05) is 23.4 Å². The maximum atomic E-state index is 12.9. The Balaban J connectivity index is 1.59. The van der Waals surface area contributed by atoms with Crippen molar-refractivity contribution in [3.63, 3.8) is 0 Å². The molecular formula is C20H18N2O2S. The van der Waals surface area contributed by atoms with Gasteiger partial charge >= 0.3 is 0 Å². The molecule has 4 rings (SSSR count). The molecule has 0 aliphatic carbocycles. The first kappa shape index (κ1) is 15.8. The number of ether oxygens (including phenoxy) is 1. The highest BCUT2D eigenvalue weighted by Crippen LogP contribution is 2.32. The molecule has 4 nitrogen and oxygen atoms in total. The van der Waals surface area contributed by atoms with Crippen LogP contribution >= 0.6 is 11.3 Å². The molecule has 0 saturated heterocycles. The predicted molar refractivity (Wildman–Crippen MR) is 99.0 cm³/mol. The van der Waals surface area contributed by atoms with Crippen LogP contribution in [0, 0.1) is 0 Å². The normalized spacial score (nSPS) is 13.4. The van der Waals surface area contributed by atoms with E-state index >= 15 is 0 Å². The standard InChI is InChI=1S/C20H18N2O2S/c1-24-17-10-6-5-9-15(17)20(23)22-12-11-16-18(13-22)25-19(21-16)14-7-3-2-4-8-14/h2-10H,11-13H2,1H3. The molecule has 0 N–H and O–H groups in total. The van der Waals surface area contributed by atoms with Gasteiger partial charge in [0.1, 0.15) is 10.8 Å². The van der Waals surface area contributed by atoms with Crippen molar-refractivity contribution in [2.45, 2.75) is 13.0 Å². The van der Waals surface area contributed by atoms with E-state index in [2.05, 4.69) is 12.1 Å². The molecule has 2 heterocycles. The van der Waals surface area contributed by atoms with Crippen molar-refractivity contribution in [3.05, 3.63) is 70.7 Å². The topological polar surface area (TPSA) is 42.4 Å². The Morgan fingerprint density at radius 2 is 1.88 bits per heavy atom. The summed E-state index contributed by atoms with van der Waals surface area (Å²) in [7, 11) is 1.59. The molecular weight excluding hydrogens is 332 g/mol. The number of nitrogens with zero attached hydrogens (tertiary/aromatic N) is 2. The second kappa shape index (κ2) is 6.69. The number of carbonyl (C=O) groups excluding carboxylic acids is 1. The fourth-order valence-corrected chi connectivity index (χ4v) is 4.19. The summed E-state index contributed by atoms with van der Waals surface area (Å²) in [6, 6.07) is 17.6. The van der Waals surface area contributed by atoms with E-state index in [9.17, 15) is 4.79 Å². The third-order valence-corrected chi connectivity index (χ3v) is 5.51. The van der Waals surface area contributed by atoms with E-state index in [0.29, 0.717) is 24.4 Å². The molecule has 3 aromatic rings. The molecule has 0 bridgehead atoms. The lowest BCUT2D eigenvalue weighted by Crippen LogP contribution is -2.35. The molecule has 1 aliphatic heterocycles. The van der Waals surface area contributed by atoms with Crippen LogP contribution in [0.5, 0.6) is 5.75 Å². The van der Waals surface area contributed by atoms with Crippen LogP contribution in [0.3, 0.4) is 0 Å². The second-order valence-corrected chi connectivity index (χ2v) is 7.02. The highest BCUT2D eigenvalue weighted by Gasteiger charge is 2.26. The number of fused-ring (bicyclic) bond motifs is 1. The maximum Gasteiger partial charge on any atom is 0.257 e. The van der Waals surface area contributed by atoms with Gasteiger partial charge in [-0.25, -0.2) is 4.98 Å². The molecule has 0 saturated carbocycles.